The molecule has 10 heteroatoms. The van der Waals surface area contributed by atoms with E-state index in [1.54, 1.807) is 0 Å². The third-order valence-corrected chi connectivity index (χ3v) is 2.61. The summed E-state index contributed by atoms with van der Waals surface area (Å²) < 4.78 is 0. The van der Waals surface area contributed by atoms with Gasteiger partial charge in [-0.25, -0.2) is 0 Å². The average molecular weight is 285 g/mol. The second kappa shape index (κ2) is 7.67. The highest BCUT2D eigenvalue weighted by Gasteiger charge is 2.47. The lowest BCUT2D eigenvalue weighted by Crippen LogP contribution is -2.63. The summed E-state index contributed by atoms with van der Waals surface area (Å²) in [6, 6.07) is -1.13. The van der Waals surface area contributed by atoms with Gasteiger partial charge in [0.15, 0.2) is 0 Å². The number of rotatable bonds is 2. The predicted octanol–water partition coefficient (Wildman–Crippen LogP) is -5.44. The second-order valence-electron chi connectivity index (χ2n) is 4.07. The number of hydrogen-bond acceptors (Lipinski definition) is 9. The van der Waals surface area contributed by atoms with Crippen molar-refractivity contribution >= 4 is 5.97 Å². The lowest BCUT2D eigenvalue weighted by atomic mass is 9.85. The molecule has 0 aromatic rings. The van der Waals surface area contributed by atoms with Crippen LogP contribution in [-0.4, -0.2) is 96.1 Å². The number of aliphatic carboxylic acids is 1. The zero-order valence-electron chi connectivity index (χ0n) is 9.81. The van der Waals surface area contributed by atoms with E-state index in [0.717, 1.165) is 0 Å². The highest BCUT2D eigenvalue weighted by Crippen LogP contribution is 2.20. The average Bonchev–Trinajstić information content (AvgIpc) is 2.40. The minimum Gasteiger partial charge on any atom is -0.480 e. The lowest BCUT2D eigenvalue weighted by molar-refractivity contribution is -0.223. The monoisotopic (exact) mass is 285 g/mol. The Morgan fingerprint density at radius 3 is 1.11 bits per heavy atom. The van der Waals surface area contributed by atoms with Gasteiger partial charge in [0.25, 0.3) is 0 Å². The van der Waals surface area contributed by atoms with Crippen molar-refractivity contribution in [3.63, 3.8) is 0 Å². The summed E-state index contributed by atoms with van der Waals surface area (Å²) in [6.07, 6.45) is -9.84. The van der Waals surface area contributed by atoms with E-state index < -0.39 is 55.2 Å². The van der Waals surface area contributed by atoms with Crippen molar-refractivity contribution in [3.05, 3.63) is 0 Å². The Balaban J connectivity index is 0.000000399. The van der Waals surface area contributed by atoms with Crippen molar-refractivity contribution in [1.29, 1.82) is 0 Å². The van der Waals surface area contributed by atoms with Crippen molar-refractivity contribution < 1.29 is 45.6 Å². The topological polar surface area (TPSA) is 205 Å². The van der Waals surface area contributed by atoms with E-state index in [1.165, 1.54) is 0 Å². The van der Waals surface area contributed by atoms with Crippen LogP contribution in [0, 0.1) is 0 Å². The van der Waals surface area contributed by atoms with Gasteiger partial charge < -0.3 is 46.6 Å². The van der Waals surface area contributed by atoms with Crippen LogP contribution in [0.25, 0.3) is 0 Å². The van der Waals surface area contributed by atoms with Gasteiger partial charge in [-0.05, 0) is 0 Å². The third-order valence-electron chi connectivity index (χ3n) is 2.61. The first-order chi connectivity index (χ1) is 8.64. The smallest absolute Gasteiger partial charge is 0.322 e. The molecule has 1 saturated carbocycles. The standard InChI is InChI=1S/C6H12O6.C3H7NO3/c7-1-2(8)4(10)6(12)5(11)3(1)9;4-2(1-5)3(6)7/h1-12H;2,5H,1,4H2,(H,6,7)/t1-,2-,3-,4+,5-,6-;. The van der Waals surface area contributed by atoms with Crippen LogP contribution in [0.1, 0.15) is 0 Å². The van der Waals surface area contributed by atoms with E-state index >= 15 is 0 Å². The molecular weight excluding hydrogens is 266 g/mol. The summed E-state index contributed by atoms with van der Waals surface area (Å²) in [5.41, 5.74) is 4.77. The van der Waals surface area contributed by atoms with Crippen molar-refractivity contribution in [1.82, 2.24) is 0 Å². The van der Waals surface area contributed by atoms with Gasteiger partial charge in [0, 0.05) is 0 Å². The van der Waals surface area contributed by atoms with Crippen molar-refractivity contribution in [2.45, 2.75) is 42.7 Å². The van der Waals surface area contributed by atoms with Gasteiger partial charge in [0.1, 0.15) is 42.7 Å². The zero-order chi connectivity index (χ0) is 15.3. The molecule has 0 aliphatic heterocycles. The molecular formula is C9H19NO9. The summed E-state index contributed by atoms with van der Waals surface area (Å²) in [5.74, 6) is -1.18. The summed E-state index contributed by atoms with van der Waals surface area (Å²) in [6.45, 7) is -0.505. The number of nitrogens with two attached hydrogens (primary N) is 1. The normalized spacial score (nSPS) is 40.0. The van der Waals surface area contributed by atoms with Crippen molar-refractivity contribution in [2.24, 2.45) is 5.73 Å². The lowest BCUT2D eigenvalue weighted by Gasteiger charge is -2.39. The molecule has 1 atom stereocenters. The molecule has 1 aliphatic rings. The molecule has 0 spiro atoms. The van der Waals surface area contributed by atoms with Gasteiger partial charge in [0.05, 0.1) is 6.61 Å². The number of aliphatic hydroxyl groups excluding tert-OH is 7. The maximum atomic E-state index is 9.65. The van der Waals surface area contributed by atoms with Crippen LogP contribution in [0.5, 0.6) is 0 Å². The van der Waals surface area contributed by atoms with Crippen LogP contribution in [0.15, 0.2) is 0 Å². The van der Waals surface area contributed by atoms with Gasteiger partial charge in [0.2, 0.25) is 0 Å². The number of hydrogen-bond donors (Lipinski definition) is 9. The van der Waals surface area contributed by atoms with E-state index in [2.05, 4.69) is 0 Å². The molecule has 114 valence electrons. The highest BCUT2D eigenvalue weighted by atomic mass is 16.4. The van der Waals surface area contributed by atoms with Gasteiger partial charge >= 0.3 is 5.97 Å². The second-order valence-corrected chi connectivity index (χ2v) is 4.07. The number of aliphatic hydroxyl groups is 7. The number of carboxylic acid groups (broad SMARTS) is 1. The molecule has 1 aliphatic carbocycles. The molecule has 0 bridgehead atoms. The minimum absolute atomic E-state index is 0.505. The fourth-order valence-corrected chi connectivity index (χ4v) is 1.29. The molecule has 19 heavy (non-hydrogen) atoms. The van der Waals surface area contributed by atoms with Crippen LogP contribution >= 0.6 is 0 Å². The Kier molecular flexibility index (Phi) is 7.33. The summed E-state index contributed by atoms with van der Waals surface area (Å²) >= 11 is 0. The van der Waals surface area contributed by atoms with Gasteiger partial charge in [-0.15, -0.1) is 0 Å². The van der Waals surface area contributed by atoms with E-state index in [-0.39, 0.29) is 0 Å². The predicted molar refractivity (Wildman–Crippen MR) is 58.7 cm³/mol. The van der Waals surface area contributed by atoms with Gasteiger partial charge in [-0.3, -0.25) is 4.79 Å². The van der Waals surface area contributed by atoms with E-state index in [1.807, 2.05) is 0 Å². The Morgan fingerprint density at radius 2 is 1.05 bits per heavy atom. The van der Waals surface area contributed by atoms with Gasteiger partial charge in [-0.2, -0.15) is 0 Å². The molecule has 0 aromatic carbocycles. The van der Waals surface area contributed by atoms with Crippen LogP contribution in [0.2, 0.25) is 0 Å². The van der Waals surface area contributed by atoms with Crippen LogP contribution in [0.3, 0.4) is 0 Å². The Bertz CT molecular complexity index is 230. The Morgan fingerprint density at radius 1 is 0.842 bits per heavy atom. The fourth-order valence-electron chi connectivity index (χ4n) is 1.29. The quantitative estimate of drug-likeness (QED) is 0.235. The molecule has 0 amide bonds. The van der Waals surface area contributed by atoms with Crippen LogP contribution in [0.4, 0.5) is 0 Å². The summed E-state index contributed by atoms with van der Waals surface area (Å²) in [4.78, 5) is 9.65. The van der Waals surface area contributed by atoms with Gasteiger partial charge in [-0.1, -0.05) is 0 Å². The molecule has 10 N–H and O–H groups in total. The molecule has 0 aromatic heterocycles. The molecule has 1 unspecified atom stereocenters. The number of carbonyl (C=O) groups is 1. The molecule has 10 nitrogen and oxygen atoms in total. The molecule has 0 heterocycles. The van der Waals surface area contributed by atoms with Crippen LogP contribution in [-0.2, 0) is 4.79 Å². The zero-order valence-corrected chi connectivity index (χ0v) is 9.81. The first kappa shape index (κ1) is 18.1. The van der Waals surface area contributed by atoms with Crippen molar-refractivity contribution in [3.8, 4) is 0 Å². The Hall–Kier alpha value is -0.850. The molecule has 1 fully saturated rings. The maximum Gasteiger partial charge on any atom is 0.322 e. The molecule has 1 rings (SSSR count). The Labute approximate surface area is 108 Å². The van der Waals surface area contributed by atoms with Crippen LogP contribution < -0.4 is 5.73 Å². The SMILES string of the molecule is NC(CO)C(=O)O.O[C@H]1[C@H](O)[C@@H](O)[C@H](O)[C@@H](O)[C@H]1O. The van der Waals surface area contributed by atoms with E-state index in [4.69, 9.17) is 46.6 Å². The third kappa shape index (κ3) is 4.63. The van der Waals surface area contributed by atoms with E-state index in [9.17, 15) is 4.79 Å². The minimum atomic E-state index is -1.64. The fraction of sp³-hybridized carbons (Fsp3) is 0.889. The first-order valence-corrected chi connectivity index (χ1v) is 5.32. The summed E-state index contributed by atoms with van der Waals surface area (Å²) in [7, 11) is 0. The van der Waals surface area contributed by atoms with E-state index in [0.29, 0.717) is 0 Å². The largest absolute Gasteiger partial charge is 0.480 e. The van der Waals surface area contributed by atoms with Crippen molar-refractivity contribution in [2.75, 3.05) is 6.61 Å². The number of carboxylic acids is 1. The molecule has 0 saturated heterocycles. The maximum absolute atomic E-state index is 9.65. The first-order valence-electron chi connectivity index (χ1n) is 5.32. The highest BCUT2D eigenvalue weighted by molar-refractivity contribution is 5.73. The molecule has 0 radical (unpaired) electrons. The summed E-state index contributed by atoms with van der Waals surface area (Å²) in [5, 5.41) is 69.7.